The first kappa shape index (κ1) is 13.8. The molecule has 2 nitrogen and oxygen atoms in total. The van der Waals surface area contributed by atoms with Crippen LogP contribution in [0.2, 0.25) is 0 Å². The van der Waals surface area contributed by atoms with E-state index in [0.717, 1.165) is 11.0 Å². The van der Waals surface area contributed by atoms with Gasteiger partial charge < -0.3 is 10.2 Å². The van der Waals surface area contributed by atoms with Gasteiger partial charge in [0.05, 0.1) is 0 Å². The van der Waals surface area contributed by atoms with Crippen LogP contribution in [0, 0.1) is 5.92 Å². The van der Waals surface area contributed by atoms with Gasteiger partial charge in [0.1, 0.15) is 0 Å². The van der Waals surface area contributed by atoms with Crippen LogP contribution < -0.4 is 5.32 Å². The maximum Gasteiger partial charge on any atom is 0.169 e. The van der Waals surface area contributed by atoms with E-state index < -0.39 is 0 Å². The van der Waals surface area contributed by atoms with Crippen molar-refractivity contribution in [2.24, 2.45) is 5.92 Å². The van der Waals surface area contributed by atoms with Gasteiger partial charge in [0.25, 0.3) is 0 Å². The second-order valence-corrected chi connectivity index (χ2v) is 5.91. The Hall–Kier alpha value is -0.310. The van der Waals surface area contributed by atoms with Crippen LogP contribution in [0.25, 0.3) is 0 Å². The van der Waals surface area contributed by atoms with E-state index in [1.165, 1.54) is 32.1 Å². The Labute approximate surface area is 106 Å². The van der Waals surface area contributed by atoms with E-state index in [-0.39, 0.29) is 0 Å². The molecule has 1 rings (SSSR count). The largest absolute Gasteiger partial charge is 0.360 e. The average Bonchev–Trinajstić information content (AvgIpc) is 2.68. The van der Waals surface area contributed by atoms with Gasteiger partial charge in [0, 0.05) is 19.1 Å². The van der Waals surface area contributed by atoms with E-state index in [0.29, 0.717) is 12.1 Å². The van der Waals surface area contributed by atoms with Gasteiger partial charge >= 0.3 is 0 Å². The van der Waals surface area contributed by atoms with Crippen LogP contribution in [0.1, 0.15) is 52.9 Å². The van der Waals surface area contributed by atoms with Crippen molar-refractivity contribution in [1.82, 2.24) is 10.2 Å². The minimum atomic E-state index is 0.529. The second kappa shape index (κ2) is 6.43. The van der Waals surface area contributed by atoms with Crippen LogP contribution in [-0.4, -0.2) is 29.1 Å². The molecule has 1 fully saturated rings. The van der Waals surface area contributed by atoms with Gasteiger partial charge in [-0.3, -0.25) is 0 Å². The van der Waals surface area contributed by atoms with Gasteiger partial charge in [-0.25, -0.2) is 0 Å². The van der Waals surface area contributed by atoms with Crippen LogP contribution in [-0.2, 0) is 0 Å². The quantitative estimate of drug-likeness (QED) is 0.762. The molecule has 1 atom stereocenters. The van der Waals surface area contributed by atoms with Gasteiger partial charge in [-0.1, -0.05) is 26.7 Å². The van der Waals surface area contributed by atoms with E-state index in [1.54, 1.807) is 0 Å². The number of nitrogens with zero attached hydrogens (tertiary/aromatic N) is 1. The summed E-state index contributed by atoms with van der Waals surface area (Å²) in [6.45, 7) is 6.78. The number of nitrogens with one attached hydrogen (secondary N) is 1. The highest BCUT2D eigenvalue weighted by atomic mass is 32.1. The molecule has 0 aromatic heterocycles. The van der Waals surface area contributed by atoms with Gasteiger partial charge in [0.2, 0.25) is 0 Å². The van der Waals surface area contributed by atoms with E-state index in [1.807, 2.05) is 0 Å². The van der Waals surface area contributed by atoms with E-state index in [9.17, 15) is 0 Å². The van der Waals surface area contributed by atoms with Crippen molar-refractivity contribution < 1.29 is 0 Å². The topological polar surface area (TPSA) is 15.3 Å². The summed E-state index contributed by atoms with van der Waals surface area (Å²) in [6, 6.07) is 1.16. The maximum absolute atomic E-state index is 5.46. The van der Waals surface area contributed by atoms with Crippen molar-refractivity contribution in [3.05, 3.63) is 0 Å². The molecule has 16 heavy (non-hydrogen) atoms. The van der Waals surface area contributed by atoms with Gasteiger partial charge in [-0.2, -0.15) is 0 Å². The highest BCUT2D eigenvalue weighted by Crippen LogP contribution is 2.18. The fourth-order valence-corrected chi connectivity index (χ4v) is 2.73. The summed E-state index contributed by atoms with van der Waals surface area (Å²) in [5.74, 6) is 0.728. The Morgan fingerprint density at radius 3 is 2.38 bits per heavy atom. The maximum atomic E-state index is 5.46. The molecule has 0 saturated heterocycles. The molecule has 1 unspecified atom stereocenters. The lowest BCUT2D eigenvalue weighted by Crippen LogP contribution is -2.45. The Morgan fingerprint density at radius 2 is 1.88 bits per heavy atom. The predicted octanol–water partition coefficient (Wildman–Crippen LogP) is 3.17. The van der Waals surface area contributed by atoms with Crippen LogP contribution in [0.5, 0.6) is 0 Å². The van der Waals surface area contributed by atoms with Crippen molar-refractivity contribution in [2.75, 3.05) is 7.05 Å². The molecule has 1 N–H and O–H groups in total. The molecule has 0 amide bonds. The molecule has 0 aromatic rings. The zero-order valence-corrected chi connectivity index (χ0v) is 11.9. The first-order chi connectivity index (χ1) is 7.50. The second-order valence-electron chi connectivity index (χ2n) is 5.52. The van der Waals surface area contributed by atoms with Crippen LogP contribution in [0.4, 0.5) is 0 Å². The number of thiocarbonyl (C=S) groups is 1. The lowest BCUT2D eigenvalue weighted by molar-refractivity contribution is 0.326. The van der Waals surface area contributed by atoms with Gasteiger partial charge in [-0.15, -0.1) is 0 Å². The molecule has 94 valence electrons. The predicted molar refractivity (Wildman–Crippen MR) is 74.7 cm³/mol. The zero-order chi connectivity index (χ0) is 12.1. The Morgan fingerprint density at radius 1 is 1.31 bits per heavy atom. The van der Waals surface area contributed by atoms with Crippen molar-refractivity contribution in [3.63, 3.8) is 0 Å². The van der Waals surface area contributed by atoms with E-state index >= 15 is 0 Å². The van der Waals surface area contributed by atoms with Gasteiger partial charge in [-0.05, 0) is 44.3 Å². The zero-order valence-electron chi connectivity index (χ0n) is 11.1. The molecule has 0 bridgehead atoms. The molecule has 0 spiro atoms. The molecule has 3 heteroatoms. The third-order valence-corrected chi connectivity index (χ3v) is 3.88. The van der Waals surface area contributed by atoms with Crippen LogP contribution >= 0.6 is 12.2 Å². The summed E-state index contributed by atoms with van der Waals surface area (Å²) in [6.07, 6.45) is 6.47. The Kier molecular flexibility index (Phi) is 5.53. The summed E-state index contributed by atoms with van der Waals surface area (Å²) in [4.78, 5) is 2.22. The normalized spacial score (nSPS) is 18.8. The average molecular weight is 242 g/mol. The monoisotopic (exact) mass is 242 g/mol. The summed E-state index contributed by atoms with van der Waals surface area (Å²) in [7, 11) is 2.11. The van der Waals surface area contributed by atoms with Crippen molar-refractivity contribution >= 4 is 17.3 Å². The van der Waals surface area contributed by atoms with E-state index in [2.05, 4.69) is 38.0 Å². The van der Waals surface area contributed by atoms with Crippen molar-refractivity contribution in [1.29, 1.82) is 0 Å². The lowest BCUT2D eigenvalue weighted by atomic mass is 10.0. The van der Waals surface area contributed by atoms with Crippen molar-refractivity contribution in [3.8, 4) is 0 Å². The van der Waals surface area contributed by atoms with E-state index in [4.69, 9.17) is 12.2 Å². The summed E-state index contributed by atoms with van der Waals surface area (Å²) in [5.41, 5.74) is 0. The fraction of sp³-hybridized carbons (Fsp3) is 0.923. The first-order valence-electron chi connectivity index (χ1n) is 6.54. The molecule has 0 aromatic carbocycles. The first-order valence-corrected chi connectivity index (χ1v) is 6.95. The molecule has 0 heterocycles. The number of hydrogen-bond acceptors (Lipinski definition) is 1. The molecule has 0 radical (unpaired) electrons. The molecule has 1 aliphatic rings. The highest BCUT2D eigenvalue weighted by Gasteiger charge is 2.19. The molecular formula is C13H26N2S. The third kappa shape index (κ3) is 4.28. The molecular weight excluding hydrogens is 216 g/mol. The molecule has 1 saturated carbocycles. The minimum absolute atomic E-state index is 0.529. The minimum Gasteiger partial charge on any atom is -0.360 e. The summed E-state index contributed by atoms with van der Waals surface area (Å²) >= 11 is 5.46. The van der Waals surface area contributed by atoms with Gasteiger partial charge in [0.15, 0.2) is 5.11 Å². The number of rotatable bonds is 4. The molecule has 0 aliphatic heterocycles. The standard InChI is InChI=1S/C13H26N2S/c1-10(2)9-11(3)15(4)13(16)14-12-7-5-6-8-12/h10-12H,5-9H2,1-4H3,(H,14,16). The van der Waals surface area contributed by atoms with Crippen LogP contribution in [0.15, 0.2) is 0 Å². The number of hydrogen-bond donors (Lipinski definition) is 1. The smallest absolute Gasteiger partial charge is 0.169 e. The SMILES string of the molecule is CC(C)CC(C)N(C)C(=S)NC1CCCC1. The molecule has 1 aliphatic carbocycles. The third-order valence-electron chi connectivity index (χ3n) is 3.48. The lowest BCUT2D eigenvalue weighted by Gasteiger charge is -2.30. The Bertz CT molecular complexity index is 222. The fourth-order valence-electron chi connectivity index (χ4n) is 2.39. The van der Waals surface area contributed by atoms with Crippen LogP contribution in [0.3, 0.4) is 0 Å². The summed E-state index contributed by atoms with van der Waals surface area (Å²) in [5, 5.41) is 4.42. The highest BCUT2D eigenvalue weighted by molar-refractivity contribution is 7.80. The van der Waals surface area contributed by atoms with Crippen molar-refractivity contribution in [2.45, 2.75) is 65.0 Å². The summed E-state index contributed by atoms with van der Waals surface area (Å²) < 4.78 is 0. The Balaban J connectivity index is 2.33.